The quantitative estimate of drug-likeness (QED) is 0.699. The molecule has 1 amide bonds. The van der Waals surface area contributed by atoms with Gasteiger partial charge in [-0.05, 0) is 44.4 Å². The van der Waals surface area contributed by atoms with E-state index in [1.54, 1.807) is 0 Å². The van der Waals surface area contributed by atoms with E-state index in [1.807, 2.05) is 0 Å². The van der Waals surface area contributed by atoms with Gasteiger partial charge in [-0.2, -0.15) is 0 Å². The van der Waals surface area contributed by atoms with Crippen LogP contribution in [0.3, 0.4) is 0 Å². The molecular formula is C11H19NO2. The minimum Gasteiger partial charge on any atom is -0.380 e. The van der Waals surface area contributed by atoms with Crippen LogP contribution in [0.25, 0.3) is 0 Å². The molecule has 0 aromatic heterocycles. The third kappa shape index (κ3) is 2.08. The second-order valence-corrected chi connectivity index (χ2v) is 4.96. The Morgan fingerprint density at radius 2 is 1.86 bits per heavy atom. The Balaban J connectivity index is 1.78. The van der Waals surface area contributed by atoms with Gasteiger partial charge in [-0.15, -0.1) is 0 Å². The molecule has 0 spiro atoms. The van der Waals surface area contributed by atoms with Crippen molar-refractivity contribution in [3.05, 3.63) is 0 Å². The van der Waals surface area contributed by atoms with Crippen LogP contribution in [0, 0.1) is 5.92 Å². The molecule has 0 saturated heterocycles. The molecule has 3 heteroatoms. The molecule has 0 aromatic carbocycles. The number of carbonyl (C=O) groups is 1. The van der Waals surface area contributed by atoms with Crippen LogP contribution in [-0.4, -0.2) is 22.7 Å². The Labute approximate surface area is 84.9 Å². The molecule has 2 N–H and O–H groups in total. The van der Waals surface area contributed by atoms with Gasteiger partial charge in [-0.3, -0.25) is 4.79 Å². The van der Waals surface area contributed by atoms with Gasteiger partial charge in [0.25, 0.3) is 5.91 Å². The predicted molar refractivity (Wildman–Crippen MR) is 53.7 cm³/mol. The van der Waals surface area contributed by atoms with Crippen LogP contribution in [0.15, 0.2) is 0 Å². The Hall–Kier alpha value is -0.570. The summed E-state index contributed by atoms with van der Waals surface area (Å²) in [5.41, 5.74) is -0.997. The van der Waals surface area contributed by atoms with Gasteiger partial charge in [-0.25, -0.2) is 0 Å². The highest BCUT2D eigenvalue weighted by atomic mass is 16.3. The molecule has 0 aromatic rings. The van der Waals surface area contributed by atoms with E-state index in [4.69, 9.17) is 0 Å². The van der Waals surface area contributed by atoms with Crippen molar-refractivity contribution in [3.63, 3.8) is 0 Å². The second kappa shape index (κ2) is 3.54. The summed E-state index contributed by atoms with van der Waals surface area (Å²) in [6.45, 7) is 2.26. The number of carbonyl (C=O) groups excluding carboxylic acids is 1. The average molecular weight is 197 g/mol. The Kier molecular flexibility index (Phi) is 2.52. The summed E-state index contributed by atoms with van der Waals surface area (Å²) in [7, 11) is 0. The Morgan fingerprint density at radius 3 is 2.36 bits per heavy atom. The van der Waals surface area contributed by atoms with Crippen molar-refractivity contribution in [3.8, 4) is 0 Å². The van der Waals surface area contributed by atoms with Crippen LogP contribution in [0.2, 0.25) is 0 Å². The fourth-order valence-corrected chi connectivity index (χ4v) is 2.07. The van der Waals surface area contributed by atoms with Crippen LogP contribution >= 0.6 is 0 Å². The molecule has 2 aliphatic rings. The first-order valence-corrected chi connectivity index (χ1v) is 5.63. The lowest BCUT2D eigenvalue weighted by molar-refractivity contribution is -0.132. The summed E-state index contributed by atoms with van der Waals surface area (Å²) in [5.74, 6) is 0.657. The lowest BCUT2D eigenvalue weighted by atomic mass is 9.87. The lowest BCUT2D eigenvalue weighted by Gasteiger charge is -2.27. The van der Waals surface area contributed by atoms with E-state index < -0.39 is 5.60 Å². The lowest BCUT2D eigenvalue weighted by Crippen LogP contribution is -2.44. The summed E-state index contributed by atoms with van der Waals surface area (Å²) in [4.78, 5) is 11.5. The molecule has 3 nitrogen and oxygen atoms in total. The Morgan fingerprint density at radius 1 is 1.29 bits per heavy atom. The number of hydrogen-bond donors (Lipinski definition) is 2. The van der Waals surface area contributed by atoms with Crippen LogP contribution in [0.5, 0.6) is 0 Å². The van der Waals surface area contributed by atoms with Gasteiger partial charge in [-0.1, -0.05) is 6.92 Å². The molecule has 0 bridgehead atoms. The zero-order valence-electron chi connectivity index (χ0n) is 8.75. The Bertz CT molecular complexity index is 227. The van der Waals surface area contributed by atoms with Gasteiger partial charge in [0.15, 0.2) is 0 Å². The van der Waals surface area contributed by atoms with Crippen molar-refractivity contribution in [2.75, 3.05) is 0 Å². The molecule has 14 heavy (non-hydrogen) atoms. The molecule has 2 fully saturated rings. The van der Waals surface area contributed by atoms with Crippen LogP contribution in [0.4, 0.5) is 0 Å². The number of amides is 1. The van der Waals surface area contributed by atoms with Crippen molar-refractivity contribution in [1.82, 2.24) is 5.32 Å². The fraction of sp³-hybridized carbons (Fsp3) is 0.909. The zero-order chi connectivity index (χ0) is 10.2. The monoisotopic (exact) mass is 197 g/mol. The van der Waals surface area contributed by atoms with E-state index in [-0.39, 0.29) is 5.91 Å². The summed E-state index contributed by atoms with van der Waals surface area (Å²) < 4.78 is 0. The molecular weight excluding hydrogens is 178 g/mol. The van der Waals surface area contributed by atoms with Crippen LogP contribution in [0.1, 0.15) is 45.4 Å². The summed E-state index contributed by atoms with van der Waals surface area (Å²) in [6, 6.07) is 0.309. The van der Waals surface area contributed by atoms with Gasteiger partial charge in [0.1, 0.15) is 5.60 Å². The minimum absolute atomic E-state index is 0.142. The summed E-state index contributed by atoms with van der Waals surface area (Å²) in [5, 5.41) is 12.5. The minimum atomic E-state index is -0.997. The SMILES string of the molecule is C[C@H]1CC[C@H](NC(=O)C2(O)CC2)CC1. The topological polar surface area (TPSA) is 49.3 Å². The van der Waals surface area contributed by atoms with Gasteiger partial charge in [0, 0.05) is 6.04 Å². The standard InChI is InChI=1S/C11H19NO2/c1-8-2-4-9(5-3-8)12-10(13)11(14)6-7-11/h8-9,14H,2-7H2,1H3,(H,12,13)/t8-,9-. The maximum absolute atomic E-state index is 11.5. The predicted octanol–water partition coefficient (Wildman–Crippen LogP) is 1.21. The molecule has 0 unspecified atom stereocenters. The number of hydrogen-bond acceptors (Lipinski definition) is 2. The first-order valence-electron chi connectivity index (χ1n) is 5.63. The van der Waals surface area contributed by atoms with Crippen molar-refractivity contribution in [2.45, 2.75) is 57.1 Å². The smallest absolute Gasteiger partial charge is 0.252 e. The maximum atomic E-state index is 11.5. The highest BCUT2D eigenvalue weighted by molar-refractivity contribution is 5.87. The zero-order valence-corrected chi connectivity index (χ0v) is 8.75. The maximum Gasteiger partial charge on any atom is 0.252 e. The van der Waals surface area contributed by atoms with Crippen molar-refractivity contribution in [2.24, 2.45) is 5.92 Å². The first kappa shape index (κ1) is 9.97. The normalized spacial score (nSPS) is 35.0. The number of aliphatic hydroxyl groups is 1. The van der Waals surface area contributed by atoms with Gasteiger partial charge >= 0.3 is 0 Å². The second-order valence-electron chi connectivity index (χ2n) is 4.96. The van der Waals surface area contributed by atoms with Crippen molar-refractivity contribution in [1.29, 1.82) is 0 Å². The molecule has 0 heterocycles. The summed E-state index contributed by atoms with van der Waals surface area (Å²) >= 11 is 0. The van der Waals surface area contributed by atoms with E-state index in [0.29, 0.717) is 18.9 Å². The van der Waals surface area contributed by atoms with E-state index in [2.05, 4.69) is 12.2 Å². The molecule has 2 aliphatic carbocycles. The molecule has 0 atom stereocenters. The highest BCUT2D eigenvalue weighted by Gasteiger charge is 2.48. The molecule has 80 valence electrons. The third-order valence-electron chi connectivity index (χ3n) is 3.50. The first-order chi connectivity index (χ1) is 6.60. The van der Waals surface area contributed by atoms with E-state index in [9.17, 15) is 9.90 Å². The third-order valence-corrected chi connectivity index (χ3v) is 3.50. The average Bonchev–Trinajstić information content (AvgIpc) is 2.89. The number of rotatable bonds is 2. The van der Waals surface area contributed by atoms with Crippen LogP contribution < -0.4 is 5.32 Å². The van der Waals surface area contributed by atoms with Gasteiger partial charge < -0.3 is 10.4 Å². The van der Waals surface area contributed by atoms with E-state index >= 15 is 0 Å². The summed E-state index contributed by atoms with van der Waals surface area (Å²) in [6.07, 6.45) is 5.82. The van der Waals surface area contributed by atoms with E-state index in [0.717, 1.165) is 18.8 Å². The van der Waals surface area contributed by atoms with Gasteiger partial charge in [0.2, 0.25) is 0 Å². The molecule has 0 radical (unpaired) electrons. The number of nitrogens with one attached hydrogen (secondary N) is 1. The molecule has 2 saturated carbocycles. The fourth-order valence-electron chi connectivity index (χ4n) is 2.07. The van der Waals surface area contributed by atoms with Crippen LogP contribution in [-0.2, 0) is 4.79 Å². The van der Waals surface area contributed by atoms with E-state index in [1.165, 1.54) is 12.8 Å². The van der Waals surface area contributed by atoms with Crippen molar-refractivity contribution >= 4 is 5.91 Å². The largest absolute Gasteiger partial charge is 0.380 e. The molecule has 2 rings (SSSR count). The van der Waals surface area contributed by atoms with Gasteiger partial charge in [0.05, 0.1) is 0 Å². The highest BCUT2D eigenvalue weighted by Crippen LogP contribution is 2.35. The molecule has 0 aliphatic heterocycles. The van der Waals surface area contributed by atoms with Crippen molar-refractivity contribution < 1.29 is 9.90 Å².